The fourth-order valence-electron chi connectivity index (χ4n) is 1.79. The third kappa shape index (κ3) is 3.11. The number of hydrogen-bond donors (Lipinski definition) is 1. The van der Waals surface area contributed by atoms with Gasteiger partial charge in [0.1, 0.15) is 29.8 Å². The van der Waals surface area contributed by atoms with E-state index >= 15 is 0 Å². The molecule has 0 heterocycles. The van der Waals surface area contributed by atoms with Crippen LogP contribution in [0, 0.1) is 17.5 Å². The summed E-state index contributed by atoms with van der Waals surface area (Å²) in [4.78, 5) is 0. The molecular weight excluding hydrogens is 267 g/mol. The molecule has 2 N–H and O–H groups in total. The van der Waals surface area contributed by atoms with Crippen LogP contribution in [0.15, 0.2) is 36.4 Å². The number of nitrogens with two attached hydrogens (primary N) is 1. The summed E-state index contributed by atoms with van der Waals surface area (Å²) in [6.07, 6.45) is 0. The van der Waals surface area contributed by atoms with Crippen molar-refractivity contribution in [1.29, 1.82) is 0 Å². The maximum Gasteiger partial charge on any atom is 0.132 e. The molecule has 2 aromatic carbocycles. The second-order valence-corrected chi connectivity index (χ2v) is 4.46. The van der Waals surface area contributed by atoms with Gasteiger partial charge in [-0.3, -0.25) is 0 Å². The standard InChI is InChI=1S/C15H14F3NO/c1-9(19)11-6-5-10(7-15(11)18)20-8-12-13(16)3-2-4-14(12)17/h2-7,9H,8,19H2,1H3/t9-/m1/s1. The highest BCUT2D eigenvalue weighted by molar-refractivity contribution is 5.31. The van der Waals surface area contributed by atoms with Gasteiger partial charge in [-0.2, -0.15) is 0 Å². The van der Waals surface area contributed by atoms with Crippen molar-refractivity contribution in [1.82, 2.24) is 0 Å². The van der Waals surface area contributed by atoms with E-state index in [1.54, 1.807) is 6.92 Å². The highest BCUT2D eigenvalue weighted by atomic mass is 19.1. The van der Waals surface area contributed by atoms with Gasteiger partial charge in [0.2, 0.25) is 0 Å². The molecule has 0 bridgehead atoms. The smallest absolute Gasteiger partial charge is 0.132 e. The summed E-state index contributed by atoms with van der Waals surface area (Å²) in [6.45, 7) is 1.35. The van der Waals surface area contributed by atoms with Gasteiger partial charge in [-0.15, -0.1) is 0 Å². The molecule has 0 aliphatic carbocycles. The Bertz CT molecular complexity index is 594. The van der Waals surface area contributed by atoms with E-state index in [1.165, 1.54) is 18.2 Å². The highest BCUT2D eigenvalue weighted by Crippen LogP contribution is 2.22. The van der Waals surface area contributed by atoms with Crippen molar-refractivity contribution in [3.8, 4) is 5.75 Å². The average Bonchev–Trinajstić information content (AvgIpc) is 2.37. The molecule has 0 saturated carbocycles. The van der Waals surface area contributed by atoms with Crippen LogP contribution >= 0.6 is 0 Å². The molecule has 0 aromatic heterocycles. The fraction of sp³-hybridized carbons (Fsp3) is 0.200. The minimum atomic E-state index is -0.697. The van der Waals surface area contributed by atoms with E-state index in [-0.39, 0.29) is 17.9 Å². The fourth-order valence-corrected chi connectivity index (χ4v) is 1.79. The van der Waals surface area contributed by atoms with E-state index in [1.807, 2.05) is 0 Å². The number of ether oxygens (including phenoxy) is 1. The van der Waals surface area contributed by atoms with Gasteiger partial charge in [0, 0.05) is 17.7 Å². The van der Waals surface area contributed by atoms with E-state index in [4.69, 9.17) is 10.5 Å². The Morgan fingerprint density at radius 1 is 1.05 bits per heavy atom. The van der Waals surface area contributed by atoms with Crippen molar-refractivity contribution in [2.75, 3.05) is 0 Å². The monoisotopic (exact) mass is 281 g/mol. The molecule has 106 valence electrons. The molecule has 5 heteroatoms. The molecular formula is C15H14F3NO. The lowest BCUT2D eigenvalue weighted by molar-refractivity contribution is 0.291. The lowest BCUT2D eigenvalue weighted by Gasteiger charge is -2.11. The van der Waals surface area contributed by atoms with Crippen LogP contribution in [0.2, 0.25) is 0 Å². The Morgan fingerprint density at radius 3 is 2.25 bits per heavy atom. The third-order valence-electron chi connectivity index (χ3n) is 2.91. The van der Waals surface area contributed by atoms with Crippen LogP contribution in [0.3, 0.4) is 0 Å². The quantitative estimate of drug-likeness (QED) is 0.927. The molecule has 1 atom stereocenters. The highest BCUT2D eigenvalue weighted by Gasteiger charge is 2.11. The Kier molecular flexibility index (Phi) is 4.29. The molecule has 0 saturated heterocycles. The first-order valence-corrected chi connectivity index (χ1v) is 6.09. The van der Waals surface area contributed by atoms with Crippen LogP contribution in [-0.2, 0) is 6.61 Å². The zero-order valence-corrected chi connectivity index (χ0v) is 10.9. The second kappa shape index (κ2) is 5.96. The number of rotatable bonds is 4. The summed E-state index contributed by atoms with van der Waals surface area (Å²) in [5, 5.41) is 0. The van der Waals surface area contributed by atoms with Gasteiger partial charge in [-0.25, -0.2) is 13.2 Å². The van der Waals surface area contributed by atoms with E-state index < -0.39 is 23.5 Å². The van der Waals surface area contributed by atoms with Gasteiger partial charge in [0.05, 0.1) is 5.56 Å². The summed E-state index contributed by atoms with van der Waals surface area (Å²) in [7, 11) is 0. The molecule has 0 unspecified atom stereocenters. The van der Waals surface area contributed by atoms with Crippen LogP contribution in [-0.4, -0.2) is 0 Å². The summed E-state index contributed by atoms with van der Waals surface area (Å²) >= 11 is 0. The van der Waals surface area contributed by atoms with Gasteiger partial charge in [0.15, 0.2) is 0 Å². The van der Waals surface area contributed by atoms with Crippen molar-refractivity contribution in [2.24, 2.45) is 5.73 Å². The minimum Gasteiger partial charge on any atom is -0.489 e. The van der Waals surface area contributed by atoms with Crippen molar-refractivity contribution < 1.29 is 17.9 Å². The Labute approximate surface area is 115 Å². The van der Waals surface area contributed by atoms with Crippen molar-refractivity contribution in [3.63, 3.8) is 0 Å². The summed E-state index contributed by atoms with van der Waals surface area (Å²) in [5.41, 5.74) is 5.75. The SMILES string of the molecule is C[C@@H](N)c1ccc(OCc2c(F)cccc2F)cc1F. The van der Waals surface area contributed by atoms with Gasteiger partial charge >= 0.3 is 0 Å². The van der Waals surface area contributed by atoms with Gasteiger partial charge < -0.3 is 10.5 Å². The van der Waals surface area contributed by atoms with E-state index in [2.05, 4.69) is 0 Å². The van der Waals surface area contributed by atoms with Gasteiger partial charge in [-0.1, -0.05) is 12.1 Å². The molecule has 0 aliphatic rings. The zero-order chi connectivity index (χ0) is 14.7. The molecule has 2 nitrogen and oxygen atoms in total. The van der Waals surface area contributed by atoms with Crippen LogP contribution in [0.1, 0.15) is 24.1 Å². The Balaban J connectivity index is 2.14. The van der Waals surface area contributed by atoms with Crippen LogP contribution in [0.25, 0.3) is 0 Å². The molecule has 2 aromatic rings. The molecule has 0 radical (unpaired) electrons. The lowest BCUT2D eigenvalue weighted by atomic mass is 10.1. The number of benzene rings is 2. The van der Waals surface area contributed by atoms with E-state index in [0.717, 1.165) is 18.2 Å². The zero-order valence-electron chi connectivity index (χ0n) is 10.9. The van der Waals surface area contributed by atoms with E-state index in [0.29, 0.717) is 5.56 Å². The van der Waals surface area contributed by atoms with E-state index in [9.17, 15) is 13.2 Å². The topological polar surface area (TPSA) is 35.2 Å². The Hall–Kier alpha value is -2.01. The molecule has 0 spiro atoms. The third-order valence-corrected chi connectivity index (χ3v) is 2.91. The van der Waals surface area contributed by atoms with Gasteiger partial charge in [-0.05, 0) is 25.1 Å². The van der Waals surface area contributed by atoms with Crippen LogP contribution in [0.4, 0.5) is 13.2 Å². The number of halogens is 3. The molecule has 20 heavy (non-hydrogen) atoms. The average molecular weight is 281 g/mol. The summed E-state index contributed by atoms with van der Waals surface area (Å²) in [6, 6.07) is 7.27. The Morgan fingerprint density at radius 2 is 1.70 bits per heavy atom. The van der Waals surface area contributed by atoms with Crippen molar-refractivity contribution >= 4 is 0 Å². The first kappa shape index (κ1) is 14.4. The first-order valence-electron chi connectivity index (χ1n) is 6.09. The molecule has 0 amide bonds. The first-order chi connectivity index (χ1) is 9.49. The van der Waals surface area contributed by atoms with Crippen molar-refractivity contribution in [3.05, 3.63) is 65.0 Å². The summed E-state index contributed by atoms with van der Waals surface area (Å²) in [5.74, 6) is -1.71. The normalized spacial score (nSPS) is 12.2. The largest absolute Gasteiger partial charge is 0.489 e. The maximum absolute atomic E-state index is 13.7. The lowest BCUT2D eigenvalue weighted by Crippen LogP contribution is -2.08. The molecule has 2 rings (SSSR count). The number of hydrogen-bond acceptors (Lipinski definition) is 2. The molecule has 0 fully saturated rings. The summed E-state index contributed by atoms with van der Waals surface area (Å²) < 4.78 is 45.7. The maximum atomic E-state index is 13.7. The predicted octanol–water partition coefficient (Wildman–Crippen LogP) is 3.70. The second-order valence-electron chi connectivity index (χ2n) is 4.46. The molecule has 0 aliphatic heterocycles. The van der Waals surface area contributed by atoms with Crippen molar-refractivity contribution in [2.45, 2.75) is 19.6 Å². The van der Waals surface area contributed by atoms with Gasteiger partial charge in [0.25, 0.3) is 0 Å². The predicted molar refractivity (Wildman–Crippen MR) is 69.7 cm³/mol. The van der Waals surface area contributed by atoms with Crippen LogP contribution < -0.4 is 10.5 Å². The minimum absolute atomic E-state index is 0.189. The van der Waals surface area contributed by atoms with Crippen LogP contribution in [0.5, 0.6) is 5.75 Å².